The van der Waals surface area contributed by atoms with Gasteiger partial charge < -0.3 is 14.9 Å². The van der Waals surface area contributed by atoms with Gasteiger partial charge in [-0.05, 0) is 43.2 Å². The number of urea groups is 1. The molecule has 3 aromatic rings. The minimum atomic E-state index is -0.550. The fourth-order valence-electron chi connectivity index (χ4n) is 3.40. The van der Waals surface area contributed by atoms with Crippen LogP contribution in [0.1, 0.15) is 12.5 Å². The van der Waals surface area contributed by atoms with Crippen molar-refractivity contribution in [1.29, 1.82) is 0 Å². The summed E-state index contributed by atoms with van der Waals surface area (Å²) < 4.78 is 15.4. The fraction of sp³-hybridized carbons (Fsp3) is 0.350. The number of thiazole rings is 1. The molecule has 1 aliphatic heterocycles. The zero-order valence-electron chi connectivity index (χ0n) is 16.3. The van der Waals surface area contributed by atoms with Gasteiger partial charge in [-0.1, -0.05) is 22.9 Å². The maximum Gasteiger partial charge on any atom is 0.323 e. The molecule has 0 saturated carbocycles. The quantitative estimate of drug-likeness (QED) is 0.633. The van der Waals surface area contributed by atoms with Crippen LogP contribution in [0.15, 0.2) is 30.5 Å². The first-order valence-electron chi connectivity index (χ1n) is 9.58. The number of pyridine rings is 1. The van der Waals surface area contributed by atoms with Crippen LogP contribution in [0.5, 0.6) is 0 Å². The van der Waals surface area contributed by atoms with E-state index in [-0.39, 0.29) is 11.8 Å². The largest absolute Gasteiger partial charge is 0.393 e. The lowest BCUT2D eigenvalue weighted by Crippen LogP contribution is -2.50. The molecule has 1 atom stereocenters. The van der Waals surface area contributed by atoms with Crippen LogP contribution in [0.2, 0.25) is 5.02 Å². The van der Waals surface area contributed by atoms with Crippen molar-refractivity contribution in [2.75, 3.05) is 36.4 Å². The number of carbonyl (C=O) groups excluding carboxylic acids is 1. The summed E-state index contributed by atoms with van der Waals surface area (Å²) in [5, 5.41) is 13.4. The number of hydrogen-bond acceptors (Lipinski definition) is 6. The molecule has 1 unspecified atom stereocenters. The summed E-state index contributed by atoms with van der Waals surface area (Å²) in [6.45, 7) is 3.49. The molecule has 2 N–H and O–H groups in total. The summed E-state index contributed by atoms with van der Waals surface area (Å²) in [6.07, 6.45) is 1.39. The molecule has 0 radical (unpaired) electrons. The van der Waals surface area contributed by atoms with Gasteiger partial charge in [0.15, 0.2) is 16.8 Å². The number of aromatic nitrogens is 2. The summed E-state index contributed by atoms with van der Waals surface area (Å²) in [5.41, 5.74) is 1.44. The lowest BCUT2D eigenvalue weighted by molar-refractivity contribution is 0.195. The Morgan fingerprint density at radius 2 is 2.10 bits per heavy atom. The van der Waals surface area contributed by atoms with Crippen LogP contribution < -0.4 is 10.2 Å². The summed E-state index contributed by atoms with van der Waals surface area (Å²) in [7, 11) is 0. The summed E-state index contributed by atoms with van der Waals surface area (Å²) in [6, 6.07) is 6.57. The summed E-state index contributed by atoms with van der Waals surface area (Å²) >= 11 is 7.36. The van der Waals surface area contributed by atoms with Gasteiger partial charge in [0.25, 0.3) is 0 Å². The number of halogens is 2. The number of amides is 2. The number of rotatable bonds is 4. The molecule has 0 bridgehead atoms. The Bertz CT molecular complexity index is 1070. The van der Waals surface area contributed by atoms with E-state index in [2.05, 4.69) is 15.3 Å². The van der Waals surface area contributed by atoms with Crippen LogP contribution in [-0.4, -0.2) is 58.3 Å². The first-order chi connectivity index (χ1) is 14.4. The monoisotopic (exact) mass is 449 g/mol. The van der Waals surface area contributed by atoms with Crippen molar-refractivity contribution < 1.29 is 14.3 Å². The standard InChI is InChI=1S/C20H21ClFN5O2S/c1-12(28)8-13-9-15(22)18(23-11-13)26-4-6-27(7-5-26)20(29)25-19-24-16-3-2-14(21)10-17(16)30-19/h2-3,9-12,28H,4-8H2,1H3,(H,24,25,29). The number of nitrogens with one attached hydrogen (secondary N) is 1. The maximum absolute atomic E-state index is 14.5. The van der Waals surface area contributed by atoms with E-state index in [9.17, 15) is 14.3 Å². The molecule has 2 amide bonds. The van der Waals surface area contributed by atoms with Gasteiger partial charge in [-0.15, -0.1) is 0 Å². The van der Waals surface area contributed by atoms with E-state index in [1.165, 1.54) is 17.4 Å². The van der Waals surface area contributed by atoms with Crippen molar-refractivity contribution in [1.82, 2.24) is 14.9 Å². The van der Waals surface area contributed by atoms with Crippen molar-refractivity contribution in [3.05, 3.63) is 46.9 Å². The highest BCUT2D eigenvalue weighted by Crippen LogP contribution is 2.28. The lowest BCUT2D eigenvalue weighted by Gasteiger charge is -2.35. The van der Waals surface area contributed by atoms with E-state index in [0.717, 1.165) is 10.2 Å². The number of nitrogens with zero attached hydrogens (tertiary/aromatic N) is 4. The van der Waals surface area contributed by atoms with Gasteiger partial charge in [0.1, 0.15) is 0 Å². The second kappa shape index (κ2) is 8.71. The SMILES string of the molecule is CC(O)Cc1cnc(N2CCN(C(=O)Nc3nc4ccc(Cl)cc4s3)CC2)c(F)c1. The third-order valence-electron chi connectivity index (χ3n) is 4.84. The number of aliphatic hydroxyl groups is 1. The highest BCUT2D eigenvalue weighted by Gasteiger charge is 2.24. The Morgan fingerprint density at radius 1 is 1.33 bits per heavy atom. The second-order valence-corrected chi connectivity index (χ2v) is 8.70. The zero-order chi connectivity index (χ0) is 21.3. The minimum absolute atomic E-state index is 0.236. The van der Waals surface area contributed by atoms with Gasteiger partial charge in [-0.25, -0.2) is 19.2 Å². The van der Waals surface area contributed by atoms with Gasteiger partial charge in [-0.3, -0.25) is 5.32 Å². The number of carbonyl (C=O) groups is 1. The average molecular weight is 450 g/mol. The fourth-order valence-corrected chi connectivity index (χ4v) is 4.53. The molecule has 158 valence electrons. The van der Waals surface area contributed by atoms with Gasteiger partial charge in [-0.2, -0.15) is 0 Å². The third-order valence-corrected chi connectivity index (χ3v) is 6.01. The Hall–Kier alpha value is -2.49. The van der Waals surface area contributed by atoms with Gasteiger partial charge in [0, 0.05) is 37.4 Å². The minimum Gasteiger partial charge on any atom is -0.393 e. The van der Waals surface area contributed by atoms with Crippen LogP contribution in [-0.2, 0) is 6.42 Å². The molecule has 0 spiro atoms. The molecule has 3 heterocycles. The van der Waals surface area contributed by atoms with E-state index in [0.29, 0.717) is 48.3 Å². The summed E-state index contributed by atoms with van der Waals surface area (Å²) in [5.74, 6) is -0.147. The molecule has 7 nitrogen and oxygen atoms in total. The Balaban J connectivity index is 1.36. The number of aliphatic hydroxyl groups excluding tert-OH is 1. The number of anilines is 2. The molecule has 1 fully saturated rings. The molecule has 1 saturated heterocycles. The molecule has 10 heteroatoms. The highest BCUT2D eigenvalue weighted by atomic mass is 35.5. The van der Waals surface area contributed by atoms with Crippen LogP contribution in [0.3, 0.4) is 0 Å². The zero-order valence-corrected chi connectivity index (χ0v) is 17.9. The first-order valence-corrected chi connectivity index (χ1v) is 10.8. The van der Waals surface area contributed by atoms with Crippen molar-refractivity contribution >= 4 is 50.1 Å². The Labute approximate surface area is 182 Å². The Kier molecular flexibility index (Phi) is 6.03. The van der Waals surface area contributed by atoms with Crippen molar-refractivity contribution in [3.8, 4) is 0 Å². The van der Waals surface area contributed by atoms with Gasteiger partial charge >= 0.3 is 6.03 Å². The van der Waals surface area contributed by atoms with E-state index in [1.54, 1.807) is 24.1 Å². The average Bonchev–Trinajstić information content (AvgIpc) is 3.09. The third kappa shape index (κ3) is 4.63. The Morgan fingerprint density at radius 3 is 2.80 bits per heavy atom. The van der Waals surface area contributed by atoms with Crippen molar-refractivity contribution in [3.63, 3.8) is 0 Å². The van der Waals surface area contributed by atoms with Crippen LogP contribution in [0.25, 0.3) is 10.2 Å². The number of fused-ring (bicyclic) bond motifs is 1. The lowest BCUT2D eigenvalue weighted by atomic mass is 10.1. The van der Waals surface area contributed by atoms with Crippen LogP contribution >= 0.6 is 22.9 Å². The van der Waals surface area contributed by atoms with Gasteiger partial charge in [0.05, 0.1) is 16.3 Å². The number of benzene rings is 1. The smallest absolute Gasteiger partial charge is 0.323 e. The van der Waals surface area contributed by atoms with E-state index in [4.69, 9.17) is 11.6 Å². The second-order valence-electron chi connectivity index (χ2n) is 7.24. The molecule has 30 heavy (non-hydrogen) atoms. The topological polar surface area (TPSA) is 81.6 Å². The van der Waals surface area contributed by atoms with Crippen molar-refractivity contribution in [2.24, 2.45) is 0 Å². The summed E-state index contributed by atoms with van der Waals surface area (Å²) in [4.78, 5) is 24.7. The molecule has 2 aromatic heterocycles. The molecule has 1 aromatic carbocycles. The normalized spacial score (nSPS) is 15.5. The first kappa shape index (κ1) is 20.8. The van der Waals surface area contributed by atoms with Crippen LogP contribution in [0, 0.1) is 5.82 Å². The predicted octanol–water partition coefficient (Wildman–Crippen LogP) is 3.76. The number of hydrogen-bond donors (Lipinski definition) is 2. The van der Waals surface area contributed by atoms with E-state index < -0.39 is 11.9 Å². The van der Waals surface area contributed by atoms with E-state index in [1.807, 2.05) is 17.0 Å². The molecule has 1 aliphatic rings. The molecule has 0 aliphatic carbocycles. The maximum atomic E-state index is 14.5. The predicted molar refractivity (Wildman–Crippen MR) is 117 cm³/mol. The highest BCUT2D eigenvalue weighted by molar-refractivity contribution is 7.22. The van der Waals surface area contributed by atoms with Crippen LogP contribution in [0.4, 0.5) is 20.1 Å². The number of piperazine rings is 1. The van der Waals surface area contributed by atoms with Crippen molar-refractivity contribution in [2.45, 2.75) is 19.4 Å². The molecular weight excluding hydrogens is 429 g/mol. The van der Waals surface area contributed by atoms with E-state index >= 15 is 0 Å². The van der Waals surface area contributed by atoms with Gasteiger partial charge in [0.2, 0.25) is 0 Å². The molecule has 4 rings (SSSR count). The molecular formula is C20H21ClFN5O2S.